The molecule has 2 aromatic carbocycles. The molecule has 0 saturated carbocycles. The van der Waals surface area contributed by atoms with Gasteiger partial charge in [0.1, 0.15) is 17.9 Å². The lowest BCUT2D eigenvalue weighted by Crippen LogP contribution is -2.42. The molecule has 8 heteroatoms. The van der Waals surface area contributed by atoms with E-state index in [4.69, 9.17) is 4.74 Å². The van der Waals surface area contributed by atoms with E-state index in [9.17, 15) is 18.3 Å². The summed E-state index contributed by atoms with van der Waals surface area (Å²) in [7, 11) is -3.99. The van der Waals surface area contributed by atoms with E-state index >= 15 is 0 Å². The van der Waals surface area contributed by atoms with Crippen molar-refractivity contribution in [1.82, 2.24) is 4.72 Å². The number of ether oxygens (including phenoxy) is 1. The lowest BCUT2D eigenvalue weighted by atomic mass is 10.1. The third-order valence-corrected chi connectivity index (χ3v) is 7.70. The van der Waals surface area contributed by atoms with Crippen LogP contribution in [0, 0.1) is 0 Å². The molecule has 3 atom stereocenters. The van der Waals surface area contributed by atoms with Gasteiger partial charge in [0.2, 0.25) is 10.0 Å². The number of hydrogen-bond acceptors (Lipinski definition) is 5. The van der Waals surface area contributed by atoms with E-state index in [0.29, 0.717) is 6.42 Å². The van der Waals surface area contributed by atoms with E-state index in [2.05, 4.69) is 4.72 Å². The minimum Gasteiger partial charge on any atom is -0.484 e. The van der Waals surface area contributed by atoms with E-state index in [1.807, 2.05) is 54.6 Å². The maximum absolute atomic E-state index is 12.9. The van der Waals surface area contributed by atoms with Crippen LogP contribution in [0.3, 0.4) is 0 Å². The van der Waals surface area contributed by atoms with Crippen LogP contribution in [0.1, 0.15) is 12.0 Å². The molecule has 156 valence electrons. The zero-order chi connectivity index (χ0) is 21.1. The highest BCUT2D eigenvalue weighted by Crippen LogP contribution is 2.42. The zero-order valence-corrected chi connectivity index (χ0v) is 17.6. The minimum atomic E-state index is -3.99. The molecule has 2 N–H and O–H groups in total. The van der Waals surface area contributed by atoms with Gasteiger partial charge in [0.25, 0.3) is 0 Å². The number of sulfonamides is 1. The first kappa shape index (κ1) is 20.7. The first-order chi connectivity index (χ1) is 14.4. The van der Waals surface area contributed by atoms with Crippen LogP contribution in [-0.2, 0) is 21.2 Å². The molecule has 1 aliphatic heterocycles. The number of carboxylic acids is 1. The van der Waals surface area contributed by atoms with Crippen molar-refractivity contribution in [3.05, 3.63) is 83.3 Å². The molecular weight excluding hydrogens is 422 g/mol. The number of rotatable bonds is 7. The second kappa shape index (κ2) is 8.67. The quantitative estimate of drug-likeness (QED) is 0.682. The molecule has 3 unspecified atom stereocenters. The smallest absolute Gasteiger partial charge is 0.321 e. The monoisotopic (exact) mass is 443 g/mol. The summed E-state index contributed by atoms with van der Waals surface area (Å²) in [6, 6.07) is 15.8. The lowest BCUT2D eigenvalue weighted by molar-refractivity contribution is -0.139. The predicted molar refractivity (Wildman–Crippen MR) is 116 cm³/mol. The Kier molecular flexibility index (Phi) is 5.99. The topological polar surface area (TPSA) is 92.7 Å². The van der Waals surface area contributed by atoms with E-state index in [0.717, 1.165) is 16.2 Å². The molecule has 1 aliphatic carbocycles. The van der Waals surface area contributed by atoms with Gasteiger partial charge >= 0.3 is 5.97 Å². The van der Waals surface area contributed by atoms with Crippen molar-refractivity contribution in [3.63, 3.8) is 0 Å². The minimum absolute atomic E-state index is 0.0604. The molecule has 4 rings (SSSR count). The number of fused-ring (bicyclic) bond motifs is 2. The van der Waals surface area contributed by atoms with Crippen molar-refractivity contribution in [1.29, 1.82) is 0 Å². The number of para-hydroxylation sites is 1. The Morgan fingerprint density at radius 2 is 1.87 bits per heavy atom. The first-order valence-corrected chi connectivity index (χ1v) is 11.9. The molecule has 2 aliphatic rings. The molecule has 0 amide bonds. The number of aliphatic carboxylic acids is 1. The molecule has 0 spiro atoms. The fraction of sp³-hybridized carbons (Fsp3) is 0.227. The SMILES string of the molecule is O=C(O)C(CCc1ccccc1)NS(=O)(=O)C1=CC2Sc3ccccc3OC2C=C1. The Morgan fingerprint density at radius 3 is 2.63 bits per heavy atom. The average Bonchev–Trinajstić information content (AvgIpc) is 2.75. The average molecular weight is 444 g/mol. The summed E-state index contributed by atoms with van der Waals surface area (Å²) in [5.74, 6) is -0.421. The van der Waals surface area contributed by atoms with E-state index in [1.54, 1.807) is 12.2 Å². The molecular formula is C22H21NO5S2. The van der Waals surface area contributed by atoms with Gasteiger partial charge in [0.05, 0.1) is 15.1 Å². The van der Waals surface area contributed by atoms with Crippen LogP contribution in [0.25, 0.3) is 0 Å². The maximum Gasteiger partial charge on any atom is 0.321 e. The molecule has 0 radical (unpaired) electrons. The maximum atomic E-state index is 12.9. The van der Waals surface area contributed by atoms with Crippen LogP contribution in [0.5, 0.6) is 5.75 Å². The Labute approximate surface area is 179 Å². The number of carboxylic acid groups (broad SMARTS) is 1. The van der Waals surface area contributed by atoms with Crippen LogP contribution < -0.4 is 9.46 Å². The fourth-order valence-electron chi connectivity index (χ4n) is 3.38. The van der Waals surface area contributed by atoms with Gasteiger partial charge in [-0.15, -0.1) is 11.8 Å². The number of aryl methyl sites for hydroxylation is 1. The van der Waals surface area contributed by atoms with Crippen LogP contribution in [-0.4, -0.2) is 36.9 Å². The van der Waals surface area contributed by atoms with Crippen molar-refractivity contribution in [2.45, 2.75) is 35.1 Å². The third kappa shape index (κ3) is 4.61. The van der Waals surface area contributed by atoms with E-state index in [1.165, 1.54) is 17.8 Å². The van der Waals surface area contributed by atoms with Crippen LogP contribution in [0.2, 0.25) is 0 Å². The van der Waals surface area contributed by atoms with Gasteiger partial charge in [-0.05, 0) is 48.8 Å². The number of carbonyl (C=O) groups is 1. The summed E-state index contributed by atoms with van der Waals surface area (Å²) < 4.78 is 34.1. The zero-order valence-electron chi connectivity index (χ0n) is 16.0. The summed E-state index contributed by atoms with van der Waals surface area (Å²) in [5.41, 5.74) is 0.956. The van der Waals surface area contributed by atoms with Gasteiger partial charge in [0, 0.05) is 0 Å². The third-order valence-electron chi connectivity index (χ3n) is 4.95. The van der Waals surface area contributed by atoms with Gasteiger partial charge in [-0.3, -0.25) is 4.79 Å². The van der Waals surface area contributed by atoms with Crippen molar-refractivity contribution < 1.29 is 23.1 Å². The molecule has 0 fully saturated rings. The number of allylic oxidation sites excluding steroid dienone is 1. The Hall–Kier alpha value is -2.55. The first-order valence-electron chi connectivity index (χ1n) is 9.54. The Morgan fingerprint density at radius 1 is 1.13 bits per heavy atom. The van der Waals surface area contributed by atoms with Crippen LogP contribution in [0.15, 0.2) is 82.6 Å². The van der Waals surface area contributed by atoms with Crippen molar-refractivity contribution in [3.8, 4) is 5.75 Å². The highest BCUT2D eigenvalue weighted by molar-refractivity contribution is 8.00. The van der Waals surface area contributed by atoms with Crippen LogP contribution >= 0.6 is 11.8 Å². The molecule has 0 bridgehead atoms. The van der Waals surface area contributed by atoms with E-state index in [-0.39, 0.29) is 22.7 Å². The summed E-state index contributed by atoms with van der Waals surface area (Å²) in [6.07, 6.45) is 5.17. The van der Waals surface area contributed by atoms with Crippen molar-refractivity contribution in [2.75, 3.05) is 0 Å². The summed E-state index contributed by atoms with van der Waals surface area (Å²) in [4.78, 5) is 12.7. The molecule has 30 heavy (non-hydrogen) atoms. The van der Waals surface area contributed by atoms with Crippen molar-refractivity contribution >= 4 is 27.8 Å². The predicted octanol–water partition coefficient (Wildman–Crippen LogP) is 3.37. The largest absolute Gasteiger partial charge is 0.484 e. The summed E-state index contributed by atoms with van der Waals surface area (Å²) in [5, 5.41) is 9.32. The highest BCUT2D eigenvalue weighted by atomic mass is 32.2. The lowest BCUT2D eigenvalue weighted by Gasteiger charge is -2.32. The number of nitrogens with one attached hydrogen (secondary N) is 1. The fourth-order valence-corrected chi connectivity index (χ4v) is 5.96. The summed E-state index contributed by atoms with van der Waals surface area (Å²) in [6.45, 7) is 0. The summed E-state index contributed by atoms with van der Waals surface area (Å²) >= 11 is 1.53. The number of benzene rings is 2. The van der Waals surface area contributed by atoms with Gasteiger partial charge in [-0.1, -0.05) is 42.5 Å². The normalized spacial score (nSPS) is 21.0. The second-order valence-corrected chi connectivity index (χ2v) is 10.0. The number of thioether (sulfide) groups is 1. The van der Waals surface area contributed by atoms with Gasteiger partial charge in [-0.2, -0.15) is 4.72 Å². The number of hydrogen-bond donors (Lipinski definition) is 2. The molecule has 0 saturated heterocycles. The molecule has 0 aromatic heterocycles. The highest BCUT2D eigenvalue weighted by Gasteiger charge is 2.34. The Bertz CT molecular complexity index is 1100. The standard InChI is InChI=1S/C22H21NO5S2/c24-22(25)17(12-10-15-6-2-1-3-7-15)23-30(26,27)16-11-13-19-21(14-16)29-20-9-5-4-8-18(20)28-19/h1-9,11,13-14,17,19,21,23H,10,12H2,(H,24,25). The Balaban J connectivity index is 1.48. The van der Waals surface area contributed by atoms with Gasteiger partial charge < -0.3 is 9.84 Å². The second-order valence-electron chi connectivity index (χ2n) is 7.08. The van der Waals surface area contributed by atoms with Gasteiger partial charge in [-0.25, -0.2) is 8.42 Å². The van der Waals surface area contributed by atoms with Crippen molar-refractivity contribution in [2.24, 2.45) is 0 Å². The molecule has 6 nitrogen and oxygen atoms in total. The van der Waals surface area contributed by atoms with Gasteiger partial charge in [0.15, 0.2) is 0 Å². The molecule has 2 aromatic rings. The molecule has 1 heterocycles. The van der Waals surface area contributed by atoms with E-state index < -0.39 is 22.0 Å². The van der Waals surface area contributed by atoms with Crippen LogP contribution in [0.4, 0.5) is 0 Å².